The highest BCUT2D eigenvalue weighted by atomic mass is 16.6. The lowest BCUT2D eigenvalue weighted by Gasteiger charge is -2.14. The van der Waals surface area contributed by atoms with Crippen LogP contribution in [-0.4, -0.2) is 16.4 Å². The molecule has 0 aliphatic rings. The number of nitrogens with one attached hydrogen (secondary N) is 1. The Balaban J connectivity index is 2.77. The van der Waals surface area contributed by atoms with Crippen molar-refractivity contribution in [3.63, 3.8) is 0 Å². The second-order valence-electron chi connectivity index (χ2n) is 4.89. The van der Waals surface area contributed by atoms with Gasteiger partial charge in [-0.25, -0.2) is 0 Å². The molecular weight excluding hydrogens is 244 g/mol. The molecular formula is C14H18N2O3. The Hall–Kier alpha value is -2.04. The Morgan fingerprint density at radius 2 is 1.79 bits per heavy atom. The fourth-order valence-electron chi connectivity index (χ4n) is 1.63. The monoisotopic (exact) mass is 262 g/mol. The number of nitro groups is 1. The van der Waals surface area contributed by atoms with E-state index in [0.717, 1.165) is 5.56 Å². The first-order valence-electron chi connectivity index (χ1n) is 6.17. The van der Waals surface area contributed by atoms with Crippen molar-refractivity contribution in [3.8, 4) is 0 Å². The molecule has 0 fully saturated rings. The van der Waals surface area contributed by atoms with Gasteiger partial charge in [0.05, 0.1) is 4.92 Å². The van der Waals surface area contributed by atoms with Crippen molar-refractivity contribution in [1.82, 2.24) is 0 Å². The van der Waals surface area contributed by atoms with Gasteiger partial charge in [-0.15, -0.1) is 0 Å². The molecule has 1 aromatic rings. The summed E-state index contributed by atoms with van der Waals surface area (Å²) in [5, 5.41) is 18.5. The minimum absolute atomic E-state index is 0.0285. The van der Waals surface area contributed by atoms with E-state index in [1.807, 2.05) is 20.8 Å². The van der Waals surface area contributed by atoms with Crippen LogP contribution in [0.3, 0.4) is 0 Å². The van der Waals surface area contributed by atoms with Gasteiger partial charge in [0.15, 0.2) is 0 Å². The molecule has 1 aromatic carbocycles. The maximum Gasteiger partial charge on any atom is 0.269 e. The summed E-state index contributed by atoms with van der Waals surface area (Å²) < 4.78 is 0. The minimum atomic E-state index is -0.456. The summed E-state index contributed by atoms with van der Waals surface area (Å²) in [6.45, 7) is 5.45. The van der Waals surface area contributed by atoms with Crippen LogP contribution in [0.2, 0.25) is 0 Å². The SMILES string of the molecule is CC(C)C(=O)CC(=N)[C@H](C)c1ccc([N+](=O)[O-])cc1. The molecule has 1 atom stereocenters. The topological polar surface area (TPSA) is 84.1 Å². The Kier molecular flexibility index (Phi) is 4.92. The number of benzene rings is 1. The van der Waals surface area contributed by atoms with E-state index < -0.39 is 4.92 Å². The van der Waals surface area contributed by atoms with Crippen LogP contribution in [-0.2, 0) is 4.79 Å². The highest BCUT2D eigenvalue weighted by Crippen LogP contribution is 2.21. The molecule has 0 radical (unpaired) electrons. The third kappa shape index (κ3) is 3.98. The van der Waals surface area contributed by atoms with Crippen LogP contribution in [0.1, 0.15) is 38.7 Å². The van der Waals surface area contributed by atoms with E-state index in [4.69, 9.17) is 5.41 Å². The zero-order chi connectivity index (χ0) is 14.6. The van der Waals surface area contributed by atoms with Crippen LogP contribution in [0.4, 0.5) is 5.69 Å². The molecule has 102 valence electrons. The highest BCUT2D eigenvalue weighted by molar-refractivity contribution is 6.03. The zero-order valence-electron chi connectivity index (χ0n) is 11.3. The lowest BCUT2D eigenvalue weighted by atomic mass is 9.91. The van der Waals surface area contributed by atoms with Gasteiger partial charge in [-0.2, -0.15) is 0 Å². The summed E-state index contributed by atoms with van der Waals surface area (Å²) in [5.41, 5.74) is 1.18. The quantitative estimate of drug-likeness (QED) is 0.484. The molecule has 0 unspecified atom stereocenters. The molecule has 0 aliphatic heterocycles. The molecule has 0 spiro atoms. The van der Waals surface area contributed by atoms with E-state index in [1.165, 1.54) is 12.1 Å². The van der Waals surface area contributed by atoms with Gasteiger partial charge in [0.25, 0.3) is 5.69 Å². The predicted molar refractivity (Wildman–Crippen MR) is 73.7 cm³/mol. The molecule has 5 nitrogen and oxygen atoms in total. The van der Waals surface area contributed by atoms with Gasteiger partial charge in [-0.05, 0) is 5.56 Å². The van der Waals surface area contributed by atoms with Gasteiger partial charge in [0.1, 0.15) is 5.78 Å². The maximum atomic E-state index is 11.6. The normalized spacial score (nSPS) is 12.2. The number of Topliss-reactive ketones (excluding diaryl/α,β-unsaturated/α-hetero) is 1. The second kappa shape index (κ2) is 6.22. The van der Waals surface area contributed by atoms with E-state index in [1.54, 1.807) is 12.1 Å². The van der Waals surface area contributed by atoms with Crippen LogP contribution in [0.25, 0.3) is 0 Å². The summed E-state index contributed by atoms with van der Waals surface area (Å²) in [7, 11) is 0. The molecule has 19 heavy (non-hydrogen) atoms. The first-order valence-corrected chi connectivity index (χ1v) is 6.17. The smallest absolute Gasteiger partial charge is 0.269 e. The number of rotatable bonds is 6. The second-order valence-corrected chi connectivity index (χ2v) is 4.89. The fraction of sp³-hybridized carbons (Fsp3) is 0.429. The van der Waals surface area contributed by atoms with Crippen LogP contribution < -0.4 is 0 Å². The summed E-state index contributed by atoms with van der Waals surface area (Å²) in [6, 6.07) is 6.11. The van der Waals surface area contributed by atoms with E-state index in [2.05, 4.69) is 0 Å². The molecule has 0 heterocycles. The zero-order valence-corrected chi connectivity index (χ0v) is 11.3. The maximum absolute atomic E-state index is 11.6. The molecule has 1 N–H and O–H groups in total. The van der Waals surface area contributed by atoms with Crippen LogP contribution in [0.5, 0.6) is 0 Å². The van der Waals surface area contributed by atoms with Crippen molar-refractivity contribution >= 4 is 17.2 Å². The van der Waals surface area contributed by atoms with E-state index in [-0.39, 0.29) is 29.7 Å². The number of hydrogen-bond donors (Lipinski definition) is 1. The predicted octanol–water partition coefficient (Wildman–Crippen LogP) is 3.33. The first-order chi connectivity index (χ1) is 8.82. The molecule has 5 heteroatoms. The van der Waals surface area contributed by atoms with Crippen molar-refractivity contribution in [3.05, 3.63) is 39.9 Å². The van der Waals surface area contributed by atoms with E-state index in [0.29, 0.717) is 5.71 Å². The average molecular weight is 262 g/mol. The highest BCUT2D eigenvalue weighted by Gasteiger charge is 2.17. The average Bonchev–Trinajstić information content (AvgIpc) is 2.37. The van der Waals surface area contributed by atoms with Gasteiger partial charge in [0, 0.05) is 36.1 Å². The summed E-state index contributed by atoms with van der Waals surface area (Å²) in [6.07, 6.45) is 0.135. The van der Waals surface area contributed by atoms with Gasteiger partial charge in [-0.3, -0.25) is 14.9 Å². The molecule has 0 bridgehead atoms. The Morgan fingerprint density at radius 1 is 1.26 bits per heavy atom. The Labute approximate surface area is 112 Å². The minimum Gasteiger partial charge on any atom is -0.309 e. The lowest BCUT2D eigenvalue weighted by molar-refractivity contribution is -0.384. The van der Waals surface area contributed by atoms with Crippen molar-refractivity contribution in [2.45, 2.75) is 33.1 Å². The van der Waals surface area contributed by atoms with Gasteiger partial charge < -0.3 is 5.41 Å². The molecule has 1 rings (SSSR count). The number of nitrogens with zero attached hydrogens (tertiary/aromatic N) is 1. The fourth-order valence-corrected chi connectivity index (χ4v) is 1.63. The third-order valence-electron chi connectivity index (χ3n) is 3.14. The van der Waals surface area contributed by atoms with E-state index >= 15 is 0 Å². The number of non-ortho nitro benzene ring substituents is 1. The van der Waals surface area contributed by atoms with Crippen LogP contribution in [0.15, 0.2) is 24.3 Å². The summed E-state index contributed by atoms with van der Waals surface area (Å²) in [5.74, 6) is -0.244. The van der Waals surface area contributed by atoms with E-state index in [9.17, 15) is 14.9 Å². The molecule has 0 aromatic heterocycles. The molecule has 0 aliphatic carbocycles. The number of carbonyl (C=O) groups is 1. The Bertz CT molecular complexity index is 492. The van der Waals surface area contributed by atoms with Crippen molar-refractivity contribution in [1.29, 1.82) is 5.41 Å². The number of carbonyl (C=O) groups excluding carboxylic acids is 1. The Morgan fingerprint density at radius 3 is 2.21 bits per heavy atom. The summed E-state index contributed by atoms with van der Waals surface area (Å²) >= 11 is 0. The third-order valence-corrected chi connectivity index (χ3v) is 3.14. The lowest BCUT2D eigenvalue weighted by Crippen LogP contribution is -2.17. The largest absolute Gasteiger partial charge is 0.309 e. The van der Waals surface area contributed by atoms with Gasteiger partial charge in [-0.1, -0.05) is 32.9 Å². The van der Waals surface area contributed by atoms with Crippen molar-refractivity contribution in [2.75, 3.05) is 0 Å². The van der Waals surface area contributed by atoms with Crippen LogP contribution in [0, 0.1) is 21.4 Å². The number of nitro benzene ring substituents is 1. The molecule has 0 saturated heterocycles. The standard InChI is InChI=1S/C14H18N2O3/c1-9(2)14(17)8-13(15)10(3)11-4-6-12(7-5-11)16(18)19/h4-7,9-10,15H,8H2,1-3H3/t10-/m1/s1. The van der Waals surface area contributed by atoms with Crippen molar-refractivity contribution in [2.24, 2.45) is 5.92 Å². The molecule has 0 saturated carbocycles. The summed E-state index contributed by atoms with van der Waals surface area (Å²) in [4.78, 5) is 21.7. The first kappa shape index (κ1) is 15.0. The number of ketones is 1. The van der Waals surface area contributed by atoms with Crippen LogP contribution >= 0.6 is 0 Å². The van der Waals surface area contributed by atoms with Gasteiger partial charge >= 0.3 is 0 Å². The van der Waals surface area contributed by atoms with Gasteiger partial charge in [0.2, 0.25) is 0 Å². The van der Waals surface area contributed by atoms with Crippen molar-refractivity contribution < 1.29 is 9.72 Å². The molecule has 0 amide bonds. The number of hydrogen-bond acceptors (Lipinski definition) is 4.